The minimum Gasteiger partial charge on any atom is -0.342 e. The zero-order valence-electron chi connectivity index (χ0n) is 12.6. The molecule has 2 aliphatic rings. The lowest BCUT2D eigenvalue weighted by atomic mass is 10.0. The van der Waals surface area contributed by atoms with Gasteiger partial charge in [0.15, 0.2) is 0 Å². The van der Waals surface area contributed by atoms with E-state index in [2.05, 4.69) is 11.8 Å². The summed E-state index contributed by atoms with van der Waals surface area (Å²) in [6.07, 6.45) is 8.41. The molecule has 0 aromatic rings. The fourth-order valence-electron chi connectivity index (χ4n) is 2.66. The van der Waals surface area contributed by atoms with Crippen LogP contribution in [-0.4, -0.2) is 29.9 Å². The maximum atomic E-state index is 12.5. The van der Waals surface area contributed by atoms with Gasteiger partial charge in [-0.25, -0.2) is 0 Å². The Hall–Kier alpha value is -0.570. The second kappa shape index (κ2) is 6.74. The van der Waals surface area contributed by atoms with Gasteiger partial charge in [0.05, 0.1) is 0 Å². The van der Waals surface area contributed by atoms with Crippen LogP contribution in [-0.2, 0) is 4.79 Å². The molecule has 0 aromatic carbocycles. The molecule has 0 heterocycles. The van der Waals surface area contributed by atoms with E-state index in [4.69, 9.17) is 5.73 Å². The number of carbonyl (C=O) groups is 1. The smallest absolute Gasteiger partial charge is 0.225 e. The summed E-state index contributed by atoms with van der Waals surface area (Å²) in [5, 5.41) is 0. The third kappa shape index (κ3) is 5.52. The zero-order valence-corrected chi connectivity index (χ0v) is 12.6. The first-order valence-corrected chi connectivity index (χ1v) is 8.10. The Morgan fingerprint density at radius 2 is 1.63 bits per heavy atom. The van der Waals surface area contributed by atoms with Crippen molar-refractivity contribution in [3.63, 3.8) is 0 Å². The minimum atomic E-state index is 0.177. The summed E-state index contributed by atoms with van der Waals surface area (Å²) >= 11 is 0. The van der Waals surface area contributed by atoms with Gasteiger partial charge in [-0.15, -0.1) is 0 Å². The lowest BCUT2D eigenvalue weighted by Gasteiger charge is -2.26. The predicted molar refractivity (Wildman–Crippen MR) is 78.7 cm³/mol. The molecular formula is C16H30N2O. The van der Waals surface area contributed by atoms with Crippen molar-refractivity contribution in [2.75, 3.05) is 13.1 Å². The summed E-state index contributed by atoms with van der Waals surface area (Å²) in [4.78, 5) is 14.7. The number of nitrogens with zero attached hydrogens (tertiary/aromatic N) is 1. The van der Waals surface area contributed by atoms with Gasteiger partial charge >= 0.3 is 0 Å². The van der Waals surface area contributed by atoms with E-state index in [0.29, 0.717) is 5.91 Å². The SMILES string of the molecule is CC(N)CCCC(C)C(=O)N(CC1CC1)CC1CC1. The van der Waals surface area contributed by atoms with Crippen molar-refractivity contribution in [1.82, 2.24) is 4.90 Å². The molecular weight excluding hydrogens is 236 g/mol. The molecule has 0 saturated heterocycles. The van der Waals surface area contributed by atoms with Crippen LogP contribution in [0.25, 0.3) is 0 Å². The fourth-order valence-corrected chi connectivity index (χ4v) is 2.66. The van der Waals surface area contributed by atoms with Gasteiger partial charge in [0, 0.05) is 25.0 Å². The molecule has 2 unspecified atom stereocenters. The standard InChI is InChI=1S/C16H30N2O/c1-12(4-3-5-13(2)17)16(19)18(10-14-6-7-14)11-15-8-9-15/h12-15H,3-11,17H2,1-2H3. The summed E-state index contributed by atoms with van der Waals surface area (Å²) in [6.45, 7) is 6.18. The molecule has 2 N–H and O–H groups in total. The molecule has 2 fully saturated rings. The molecule has 1 amide bonds. The van der Waals surface area contributed by atoms with E-state index >= 15 is 0 Å². The van der Waals surface area contributed by atoms with Gasteiger partial charge in [0.1, 0.15) is 0 Å². The lowest BCUT2D eigenvalue weighted by Crippen LogP contribution is -2.38. The van der Waals surface area contributed by atoms with Crippen LogP contribution < -0.4 is 5.73 Å². The van der Waals surface area contributed by atoms with Crippen LogP contribution in [0.2, 0.25) is 0 Å². The van der Waals surface area contributed by atoms with Gasteiger partial charge in [0.25, 0.3) is 0 Å². The van der Waals surface area contributed by atoms with E-state index < -0.39 is 0 Å². The Balaban J connectivity index is 1.75. The first-order valence-electron chi connectivity index (χ1n) is 8.10. The topological polar surface area (TPSA) is 46.3 Å². The summed E-state index contributed by atoms with van der Waals surface area (Å²) in [6, 6.07) is 0.260. The van der Waals surface area contributed by atoms with Crippen LogP contribution in [0.15, 0.2) is 0 Å². The molecule has 19 heavy (non-hydrogen) atoms. The van der Waals surface area contributed by atoms with E-state index in [-0.39, 0.29) is 12.0 Å². The molecule has 3 heteroatoms. The minimum absolute atomic E-state index is 0.177. The Bertz CT molecular complexity index is 281. The number of rotatable bonds is 9. The number of hydrogen-bond donors (Lipinski definition) is 1. The number of carbonyl (C=O) groups excluding carboxylic acids is 1. The van der Waals surface area contributed by atoms with Crippen molar-refractivity contribution in [2.45, 2.75) is 64.8 Å². The molecule has 0 spiro atoms. The second-order valence-electron chi connectivity index (χ2n) is 6.94. The van der Waals surface area contributed by atoms with Crippen LogP contribution in [0.3, 0.4) is 0 Å². The van der Waals surface area contributed by atoms with Crippen molar-refractivity contribution in [3.05, 3.63) is 0 Å². The van der Waals surface area contributed by atoms with Gasteiger partial charge in [-0.2, -0.15) is 0 Å². The second-order valence-corrected chi connectivity index (χ2v) is 6.94. The Kier molecular flexibility index (Phi) is 5.26. The molecule has 3 nitrogen and oxygen atoms in total. The highest BCUT2D eigenvalue weighted by atomic mass is 16.2. The van der Waals surface area contributed by atoms with Crippen LogP contribution >= 0.6 is 0 Å². The average Bonchev–Trinajstić information content (AvgIpc) is 3.21. The van der Waals surface area contributed by atoms with E-state index in [1.807, 2.05) is 6.92 Å². The Morgan fingerprint density at radius 3 is 2.05 bits per heavy atom. The summed E-state index contributed by atoms with van der Waals surface area (Å²) in [7, 11) is 0. The summed E-state index contributed by atoms with van der Waals surface area (Å²) in [5.41, 5.74) is 5.77. The van der Waals surface area contributed by atoms with E-state index in [1.165, 1.54) is 25.7 Å². The van der Waals surface area contributed by atoms with Crippen molar-refractivity contribution < 1.29 is 4.79 Å². The van der Waals surface area contributed by atoms with Gasteiger partial charge in [-0.05, 0) is 57.3 Å². The Labute approximate surface area is 117 Å². The molecule has 2 aliphatic carbocycles. The highest BCUT2D eigenvalue weighted by Gasteiger charge is 2.32. The molecule has 2 atom stereocenters. The van der Waals surface area contributed by atoms with E-state index in [9.17, 15) is 4.79 Å². The van der Waals surface area contributed by atoms with Gasteiger partial charge in [-0.3, -0.25) is 4.79 Å². The van der Waals surface area contributed by atoms with Gasteiger partial charge in [-0.1, -0.05) is 13.3 Å². The van der Waals surface area contributed by atoms with Crippen molar-refractivity contribution >= 4 is 5.91 Å². The third-order valence-corrected chi connectivity index (χ3v) is 4.38. The van der Waals surface area contributed by atoms with Gasteiger partial charge < -0.3 is 10.6 Å². The largest absolute Gasteiger partial charge is 0.342 e. The van der Waals surface area contributed by atoms with E-state index in [1.54, 1.807) is 0 Å². The van der Waals surface area contributed by atoms with Crippen LogP contribution in [0, 0.1) is 17.8 Å². The molecule has 2 rings (SSSR count). The lowest BCUT2D eigenvalue weighted by molar-refractivity contribution is -0.135. The normalized spacial score (nSPS) is 22.1. The molecule has 0 aliphatic heterocycles. The summed E-state index contributed by atoms with van der Waals surface area (Å²) in [5.74, 6) is 2.18. The number of hydrogen-bond acceptors (Lipinski definition) is 2. The highest BCUT2D eigenvalue weighted by molar-refractivity contribution is 5.78. The van der Waals surface area contributed by atoms with E-state index in [0.717, 1.165) is 44.2 Å². The zero-order chi connectivity index (χ0) is 13.8. The van der Waals surface area contributed by atoms with Gasteiger partial charge in [0.2, 0.25) is 5.91 Å². The van der Waals surface area contributed by atoms with Crippen LogP contribution in [0.1, 0.15) is 58.8 Å². The summed E-state index contributed by atoms with van der Waals surface area (Å²) < 4.78 is 0. The predicted octanol–water partition coefficient (Wildman–Crippen LogP) is 2.79. The molecule has 0 radical (unpaired) electrons. The average molecular weight is 266 g/mol. The van der Waals surface area contributed by atoms with Crippen LogP contribution in [0.5, 0.6) is 0 Å². The third-order valence-electron chi connectivity index (χ3n) is 4.38. The molecule has 0 bridgehead atoms. The first-order chi connectivity index (χ1) is 9.06. The van der Waals surface area contributed by atoms with Crippen LogP contribution in [0.4, 0.5) is 0 Å². The monoisotopic (exact) mass is 266 g/mol. The van der Waals surface area contributed by atoms with Crippen molar-refractivity contribution in [2.24, 2.45) is 23.5 Å². The molecule has 2 saturated carbocycles. The maximum absolute atomic E-state index is 12.5. The van der Waals surface area contributed by atoms with Crippen molar-refractivity contribution in [3.8, 4) is 0 Å². The first kappa shape index (κ1) is 14.8. The number of amides is 1. The molecule has 110 valence electrons. The maximum Gasteiger partial charge on any atom is 0.225 e. The Morgan fingerprint density at radius 1 is 1.11 bits per heavy atom. The fraction of sp³-hybridized carbons (Fsp3) is 0.938. The van der Waals surface area contributed by atoms with Crippen molar-refractivity contribution in [1.29, 1.82) is 0 Å². The highest BCUT2D eigenvalue weighted by Crippen LogP contribution is 2.34. The molecule has 0 aromatic heterocycles. The quantitative estimate of drug-likeness (QED) is 0.697. The number of nitrogens with two attached hydrogens (primary N) is 1.